The first-order valence-electron chi connectivity index (χ1n) is 9.38. The molecule has 1 atom stereocenters. The van der Waals surface area contributed by atoms with Gasteiger partial charge in [-0.3, -0.25) is 25.0 Å². The van der Waals surface area contributed by atoms with Crippen molar-refractivity contribution in [1.82, 2.24) is 15.1 Å². The highest BCUT2D eigenvalue weighted by molar-refractivity contribution is 7.18. The van der Waals surface area contributed by atoms with Crippen LogP contribution in [0.5, 0.6) is 0 Å². The first-order valence-corrected chi connectivity index (χ1v) is 10.2. The smallest absolute Gasteiger partial charge is 0.270 e. The molecule has 158 valence electrons. The fraction of sp³-hybridized carbons (Fsp3) is 0.200. The third-order valence-electron chi connectivity index (χ3n) is 4.87. The number of amides is 2. The number of aromatic nitrogens is 2. The summed E-state index contributed by atoms with van der Waals surface area (Å²) in [6.45, 7) is 0.372. The first-order chi connectivity index (χ1) is 14.9. The standard InChI is InChI=1S/C20H16FN5O4S/c21-14-8-6-12(7-9-14)18-23-24-20(31-18)22-17(27)16-5-2-10-25(16)19(28)13-3-1-4-15(11-13)26(29)30/h1,3-4,6-9,11,16H,2,5,10H2,(H,22,24,27). The van der Waals surface area contributed by atoms with Gasteiger partial charge in [0.2, 0.25) is 11.0 Å². The molecule has 0 bridgehead atoms. The molecule has 0 aliphatic carbocycles. The second kappa shape index (κ2) is 8.56. The number of hydrogen-bond donors (Lipinski definition) is 1. The summed E-state index contributed by atoms with van der Waals surface area (Å²) in [5.41, 5.74) is 0.638. The zero-order valence-corrected chi connectivity index (χ0v) is 16.8. The van der Waals surface area contributed by atoms with Crippen LogP contribution < -0.4 is 5.32 Å². The Morgan fingerprint density at radius 3 is 2.71 bits per heavy atom. The van der Waals surface area contributed by atoms with Crippen LogP contribution in [0.4, 0.5) is 15.2 Å². The molecule has 2 heterocycles. The number of nitrogens with zero attached hydrogens (tertiary/aromatic N) is 4. The quantitative estimate of drug-likeness (QED) is 0.478. The molecule has 11 heteroatoms. The topological polar surface area (TPSA) is 118 Å². The number of non-ortho nitro benzene ring substituents is 1. The van der Waals surface area contributed by atoms with Gasteiger partial charge >= 0.3 is 0 Å². The Morgan fingerprint density at radius 2 is 1.97 bits per heavy atom. The normalized spacial score (nSPS) is 15.6. The summed E-state index contributed by atoms with van der Waals surface area (Å²) >= 11 is 1.14. The van der Waals surface area contributed by atoms with Crippen molar-refractivity contribution < 1.29 is 18.9 Å². The minimum atomic E-state index is -0.718. The average Bonchev–Trinajstić information content (AvgIpc) is 3.44. The van der Waals surface area contributed by atoms with E-state index in [1.54, 1.807) is 12.1 Å². The predicted octanol–water partition coefficient (Wildman–Crippen LogP) is 3.50. The Hall–Kier alpha value is -3.73. The van der Waals surface area contributed by atoms with Gasteiger partial charge < -0.3 is 4.90 Å². The maximum Gasteiger partial charge on any atom is 0.270 e. The maximum atomic E-state index is 13.1. The highest BCUT2D eigenvalue weighted by Crippen LogP contribution is 2.28. The number of anilines is 1. The van der Waals surface area contributed by atoms with E-state index in [0.717, 1.165) is 11.3 Å². The zero-order valence-electron chi connectivity index (χ0n) is 16.0. The Kier molecular flexibility index (Phi) is 5.67. The molecule has 1 unspecified atom stereocenters. The van der Waals surface area contributed by atoms with E-state index < -0.39 is 22.8 Å². The van der Waals surface area contributed by atoms with Crippen molar-refractivity contribution in [1.29, 1.82) is 0 Å². The van der Waals surface area contributed by atoms with Crippen molar-refractivity contribution >= 4 is 34.0 Å². The summed E-state index contributed by atoms with van der Waals surface area (Å²) in [5, 5.41) is 22.4. The number of halogens is 1. The number of likely N-dealkylation sites (tertiary alicyclic amines) is 1. The maximum absolute atomic E-state index is 13.1. The van der Waals surface area contributed by atoms with Crippen molar-refractivity contribution in [3.05, 3.63) is 70.0 Å². The van der Waals surface area contributed by atoms with Crippen LogP contribution in [-0.2, 0) is 4.79 Å². The van der Waals surface area contributed by atoms with Crippen molar-refractivity contribution in [2.24, 2.45) is 0 Å². The molecule has 2 amide bonds. The summed E-state index contributed by atoms with van der Waals surface area (Å²) in [5.74, 6) is -1.21. The second-order valence-electron chi connectivity index (χ2n) is 6.87. The molecule has 3 aromatic rings. The van der Waals surface area contributed by atoms with Crippen LogP contribution in [0.25, 0.3) is 10.6 Å². The lowest BCUT2D eigenvalue weighted by atomic mass is 10.1. The molecule has 1 saturated heterocycles. The lowest BCUT2D eigenvalue weighted by Gasteiger charge is -2.23. The molecule has 0 radical (unpaired) electrons. The van der Waals surface area contributed by atoms with Gasteiger partial charge in [0.15, 0.2) is 0 Å². The van der Waals surface area contributed by atoms with Crippen LogP contribution in [-0.4, -0.2) is 44.4 Å². The molecule has 1 aliphatic heterocycles. The van der Waals surface area contributed by atoms with E-state index >= 15 is 0 Å². The predicted molar refractivity (Wildman–Crippen MR) is 111 cm³/mol. The molecule has 1 aromatic heterocycles. The summed E-state index contributed by atoms with van der Waals surface area (Å²) in [6, 6.07) is 10.5. The molecule has 0 saturated carbocycles. The number of nitro benzene ring substituents is 1. The molecule has 9 nitrogen and oxygen atoms in total. The fourth-order valence-electron chi connectivity index (χ4n) is 3.37. The van der Waals surface area contributed by atoms with E-state index in [9.17, 15) is 24.1 Å². The average molecular weight is 441 g/mol. The molecule has 1 N–H and O–H groups in total. The molecule has 1 fully saturated rings. The highest BCUT2D eigenvalue weighted by atomic mass is 32.1. The largest absolute Gasteiger partial charge is 0.327 e. The van der Waals surface area contributed by atoms with Crippen LogP contribution in [0.1, 0.15) is 23.2 Å². The Bertz CT molecular complexity index is 1150. The van der Waals surface area contributed by atoms with Crippen LogP contribution in [0.3, 0.4) is 0 Å². The van der Waals surface area contributed by atoms with Gasteiger partial charge in [0, 0.05) is 29.8 Å². The molecule has 0 spiro atoms. The molecular formula is C20H16FN5O4S. The third kappa shape index (κ3) is 4.40. The highest BCUT2D eigenvalue weighted by Gasteiger charge is 2.35. The van der Waals surface area contributed by atoms with Crippen molar-refractivity contribution in [3.63, 3.8) is 0 Å². The molecule has 4 rings (SSSR count). The Morgan fingerprint density at radius 1 is 1.19 bits per heavy atom. The lowest BCUT2D eigenvalue weighted by Crippen LogP contribution is -2.43. The summed E-state index contributed by atoms with van der Waals surface area (Å²) in [6.07, 6.45) is 1.10. The molecule has 1 aliphatic rings. The van der Waals surface area contributed by atoms with Crippen LogP contribution >= 0.6 is 11.3 Å². The lowest BCUT2D eigenvalue weighted by molar-refractivity contribution is -0.384. The zero-order chi connectivity index (χ0) is 22.0. The molecular weight excluding hydrogens is 425 g/mol. The van der Waals surface area contributed by atoms with Gasteiger partial charge in [-0.05, 0) is 43.2 Å². The third-order valence-corrected chi connectivity index (χ3v) is 5.75. The summed E-state index contributed by atoms with van der Waals surface area (Å²) in [7, 11) is 0. The number of hydrogen-bond acceptors (Lipinski definition) is 7. The monoisotopic (exact) mass is 441 g/mol. The second-order valence-corrected chi connectivity index (χ2v) is 7.85. The minimum absolute atomic E-state index is 0.156. The van der Waals surface area contributed by atoms with E-state index in [-0.39, 0.29) is 22.2 Å². The van der Waals surface area contributed by atoms with Crippen LogP contribution in [0.2, 0.25) is 0 Å². The van der Waals surface area contributed by atoms with E-state index in [0.29, 0.717) is 30.0 Å². The van der Waals surface area contributed by atoms with Crippen molar-refractivity contribution in [2.75, 3.05) is 11.9 Å². The van der Waals surface area contributed by atoms with E-state index in [1.165, 1.54) is 41.3 Å². The molecule has 2 aromatic carbocycles. The van der Waals surface area contributed by atoms with Gasteiger partial charge in [-0.2, -0.15) is 0 Å². The number of rotatable bonds is 5. The van der Waals surface area contributed by atoms with Gasteiger partial charge in [-0.25, -0.2) is 4.39 Å². The van der Waals surface area contributed by atoms with Gasteiger partial charge in [0.1, 0.15) is 16.9 Å². The van der Waals surface area contributed by atoms with Crippen LogP contribution in [0.15, 0.2) is 48.5 Å². The SMILES string of the molecule is O=C(Nc1nnc(-c2ccc(F)cc2)s1)C1CCCN1C(=O)c1cccc([N+](=O)[O-])c1. The van der Waals surface area contributed by atoms with Crippen molar-refractivity contribution in [2.45, 2.75) is 18.9 Å². The summed E-state index contributed by atoms with van der Waals surface area (Å²) < 4.78 is 13.1. The van der Waals surface area contributed by atoms with Crippen molar-refractivity contribution in [3.8, 4) is 10.6 Å². The van der Waals surface area contributed by atoms with E-state index in [2.05, 4.69) is 15.5 Å². The van der Waals surface area contributed by atoms with Gasteiger partial charge in [0.05, 0.1) is 4.92 Å². The van der Waals surface area contributed by atoms with Gasteiger partial charge in [-0.15, -0.1) is 10.2 Å². The van der Waals surface area contributed by atoms with Gasteiger partial charge in [0.25, 0.3) is 11.6 Å². The minimum Gasteiger partial charge on any atom is -0.327 e. The fourth-order valence-corrected chi connectivity index (χ4v) is 4.12. The Balaban J connectivity index is 1.47. The Labute approximate surface area is 179 Å². The number of carbonyl (C=O) groups excluding carboxylic acids is 2. The molecule has 31 heavy (non-hydrogen) atoms. The number of nitrogens with one attached hydrogen (secondary N) is 1. The first kappa shape index (κ1) is 20.5. The number of nitro groups is 1. The number of carbonyl (C=O) groups is 2. The summed E-state index contributed by atoms with van der Waals surface area (Å²) in [4.78, 5) is 37.5. The van der Waals surface area contributed by atoms with E-state index in [1.807, 2.05) is 0 Å². The van der Waals surface area contributed by atoms with Crippen LogP contribution in [0, 0.1) is 15.9 Å². The number of benzene rings is 2. The van der Waals surface area contributed by atoms with E-state index in [4.69, 9.17) is 0 Å². The van der Waals surface area contributed by atoms with Gasteiger partial charge in [-0.1, -0.05) is 17.4 Å².